The molecule has 6 aromatic carbocycles. The fraction of sp³-hybridized carbons (Fsp3) is 0. The Labute approximate surface area is 272 Å². The van der Waals surface area contributed by atoms with E-state index in [1.807, 2.05) is 36.5 Å². The van der Waals surface area contributed by atoms with Gasteiger partial charge in [0.25, 0.3) is 0 Å². The first kappa shape index (κ1) is 26.0. The summed E-state index contributed by atoms with van der Waals surface area (Å²) in [5.41, 5.74) is 9.38. The lowest BCUT2D eigenvalue weighted by atomic mass is 10.0. The van der Waals surface area contributed by atoms with Crippen LogP contribution in [0.25, 0.3) is 86.7 Å². The van der Waals surface area contributed by atoms with Gasteiger partial charge in [-0.25, -0.2) is 9.97 Å². The molecule has 4 aromatic heterocycles. The van der Waals surface area contributed by atoms with Gasteiger partial charge in [0, 0.05) is 37.3 Å². The Morgan fingerprint density at radius 2 is 1.19 bits per heavy atom. The fourth-order valence-corrected chi connectivity index (χ4v) is 8.12. The summed E-state index contributed by atoms with van der Waals surface area (Å²) in [5.74, 6) is 0.617. The number of hydrogen-bond acceptors (Lipinski definition) is 4. The van der Waals surface area contributed by atoms with Crippen LogP contribution >= 0.6 is 11.3 Å². The Kier molecular flexibility index (Phi) is 5.45. The minimum Gasteiger partial charge on any atom is -0.309 e. The van der Waals surface area contributed by atoms with Crippen molar-refractivity contribution in [1.29, 1.82) is 5.26 Å². The van der Waals surface area contributed by atoms with Gasteiger partial charge in [-0.2, -0.15) is 5.26 Å². The second-order valence-corrected chi connectivity index (χ2v) is 12.9. The van der Waals surface area contributed by atoms with E-state index in [1.54, 1.807) is 11.3 Å². The predicted molar refractivity (Wildman–Crippen MR) is 194 cm³/mol. The Morgan fingerprint density at radius 3 is 1.94 bits per heavy atom. The SMILES string of the molecule is N#Cc1ccc2c(c1)c1ccccc1n2-c1ncc2sc3ccc(-c4cccc(-n5c6ccccc6c6ccccc65)c4)cc3c2n1. The molecule has 0 unspecified atom stereocenters. The summed E-state index contributed by atoms with van der Waals surface area (Å²) in [6.07, 6.45) is 1.94. The fourth-order valence-electron chi connectivity index (χ4n) is 7.12. The van der Waals surface area contributed by atoms with Gasteiger partial charge in [-0.05, 0) is 71.8 Å². The zero-order valence-electron chi connectivity index (χ0n) is 24.9. The summed E-state index contributed by atoms with van der Waals surface area (Å²) >= 11 is 1.71. The van der Waals surface area contributed by atoms with E-state index in [4.69, 9.17) is 9.97 Å². The van der Waals surface area contributed by atoms with Crippen molar-refractivity contribution in [3.05, 3.63) is 145 Å². The first-order chi connectivity index (χ1) is 23.2. The van der Waals surface area contributed by atoms with Crippen molar-refractivity contribution >= 4 is 75.3 Å². The Bertz CT molecular complexity index is 2880. The van der Waals surface area contributed by atoms with Crippen molar-refractivity contribution in [3.63, 3.8) is 0 Å². The van der Waals surface area contributed by atoms with Crippen LogP contribution in [0, 0.1) is 11.3 Å². The zero-order chi connectivity index (χ0) is 31.1. The number of thiophene rings is 1. The monoisotopic (exact) mass is 617 g/mol. The number of hydrogen-bond donors (Lipinski definition) is 0. The van der Waals surface area contributed by atoms with E-state index in [-0.39, 0.29) is 0 Å². The van der Waals surface area contributed by atoms with Gasteiger partial charge in [0.2, 0.25) is 5.95 Å². The number of nitriles is 1. The highest BCUT2D eigenvalue weighted by Gasteiger charge is 2.17. The standard InChI is InChI=1S/C41H23N5S/c42-23-25-16-18-37-32(20-25)31-12-3-6-15-36(31)46(37)41-43-24-39-40(44-41)33-22-27(17-19-38(33)47-39)26-8-7-9-28(21-26)45-34-13-4-1-10-29(34)30-11-2-5-14-35(30)45/h1-22,24H. The second-order valence-electron chi connectivity index (χ2n) is 11.8. The summed E-state index contributed by atoms with van der Waals surface area (Å²) in [4.78, 5) is 10.1. The smallest absolute Gasteiger partial charge is 0.235 e. The molecule has 6 heteroatoms. The molecule has 218 valence electrons. The molecule has 0 atom stereocenters. The molecule has 0 amide bonds. The molecule has 0 aliphatic heterocycles. The topological polar surface area (TPSA) is 59.4 Å². The Morgan fingerprint density at radius 1 is 0.532 bits per heavy atom. The third-order valence-corrected chi connectivity index (χ3v) is 10.3. The van der Waals surface area contributed by atoms with E-state index in [0.29, 0.717) is 11.5 Å². The van der Waals surface area contributed by atoms with Crippen LogP contribution in [-0.2, 0) is 0 Å². The van der Waals surface area contributed by atoms with Crippen LogP contribution in [0.3, 0.4) is 0 Å². The van der Waals surface area contributed by atoms with Crippen molar-refractivity contribution < 1.29 is 0 Å². The average Bonchev–Trinajstić information content (AvgIpc) is 3.78. The number of rotatable bonds is 3. The number of aromatic nitrogens is 4. The van der Waals surface area contributed by atoms with Gasteiger partial charge in [-0.1, -0.05) is 72.8 Å². The lowest BCUT2D eigenvalue weighted by Gasteiger charge is -2.10. The van der Waals surface area contributed by atoms with Crippen LogP contribution in [0.2, 0.25) is 0 Å². The Balaban J connectivity index is 1.14. The first-order valence-electron chi connectivity index (χ1n) is 15.5. The minimum absolute atomic E-state index is 0.617. The summed E-state index contributed by atoms with van der Waals surface area (Å²) in [6.45, 7) is 0. The molecule has 0 spiro atoms. The van der Waals surface area contributed by atoms with Gasteiger partial charge >= 0.3 is 0 Å². The van der Waals surface area contributed by atoms with Crippen LogP contribution in [0.1, 0.15) is 5.56 Å². The quantitative estimate of drug-likeness (QED) is 0.198. The van der Waals surface area contributed by atoms with Gasteiger partial charge in [0.1, 0.15) is 0 Å². The number of para-hydroxylation sites is 3. The molecule has 0 bridgehead atoms. The molecule has 0 N–H and O–H groups in total. The van der Waals surface area contributed by atoms with Crippen molar-refractivity contribution in [2.45, 2.75) is 0 Å². The predicted octanol–water partition coefficient (Wildman–Crippen LogP) is 10.6. The maximum absolute atomic E-state index is 9.56. The van der Waals surface area contributed by atoms with Gasteiger partial charge in [0.15, 0.2) is 0 Å². The molecule has 47 heavy (non-hydrogen) atoms. The maximum atomic E-state index is 9.56. The van der Waals surface area contributed by atoms with Crippen LogP contribution in [0.15, 0.2) is 140 Å². The molecular weight excluding hydrogens is 595 g/mol. The number of nitrogens with zero attached hydrogens (tertiary/aromatic N) is 5. The molecule has 0 aliphatic rings. The van der Waals surface area contributed by atoms with E-state index in [0.717, 1.165) is 54.2 Å². The number of fused-ring (bicyclic) bond motifs is 9. The molecule has 0 saturated carbocycles. The van der Waals surface area contributed by atoms with E-state index in [2.05, 4.69) is 118 Å². The summed E-state index contributed by atoms with van der Waals surface area (Å²) < 4.78 is 6.69. The van der Waals surface area contributed by atoms with Gasteiger partial charge < -0.3 is 4.57 Å². The molecule has 10 aromatic rings. The van der Waals surface area contributed by atoms with Gasteiger partial charge in [0.05, 0.1) is 50.1 Å². The van der Waals surface area contributed by atoms with E-state index in [1.165, 1.54) is 26.5 Å². The van der Waals surface area contributed by atoms with E-state index >= 15 is 0 Å². The van der Waals surface area contributed by atoms with Crippen molar-refractivity contribution in [1.82, 2.24) is 19.1 Å². The lowest BCUT2D eigenvalue weighted by Crippen LogP contribution is -2.00. The van der Waals surface area contributed by atoms with Crippen molar-refractivity contribution in [3.8, 4) is 28.8 Å². The number of benzene rings is 6. The Hall–Kier alpha value is -6.29. The van der Waals surface area contributed by atoms with Crippen LogP contribution in [0.4, 0.5) is 0 Å². The van der Waals surface area contributed by atoms with Crippen molar-refractivity contribution in [2.75, 3.05) is 0 Å². The normalized spacial score (nSPS) is 11.8. The third-order valence-electron chi connectivity index (χ3n) is 9.22. The van der Waals surface area contributed by atoms with Crippen molar-refractivity contribution in [2.24, 2.45) is 0 Å². The van der Waals surface area contributed by atoms with Crippen LogP contribution < -0.4 is 0 Å². The van der Waals surface area contributed by atoms with Gasteiger partial charge in [-0.3, -0.25) is 4.57 Å². The highest BCUT2D eigenvalue weighted by atomic mass is 32.1. The summed E-state index contributed by atoms with van der Waals surface area (Å²) in [7, 11) is 0. The molecule has 4 heterocycles. The zero-order valence-corrected chi connectivity index (χ0v) is 25.7. The summed E-state index contributed by atoms with van der Waals surface area (Å²) in [6, 6.07) is 49.0. The molecule has 0 fully saturated rings. The third kappa shape index (κ3) is 3.81. The van der Waals surface area contributed by atoms with E-state index < -0.39 is 0 Å². The molecular formula is C41H23N5S. The highest BCUT2D eigenvalue weighted by molar-refractivity contribution is 7.25. The molecule has 0 saturated heterocycles. The molecule has 0 aliphatic carbocycles. The van der Waals surface area contributed by atoms with E-state index in [9.17, 15) is 5.26 Å². The molecule has 10 rings (SSSR count). The largest absolute Gasteiger partial charge is 0.309 e. The molecule has 5 nitrogen and oxygen atoms in total. The summed E-state index contributed by atoms with van der Waals surface area (Å²) in [5, 5.41) is 15.3. The molecule has 0 radical (unpaired) electrons. The lowest BCUT2D eigenvalue weighted by molar-refractivity contribution is 1.01. The van der Waals surface area contributed by atoms with Gasteiger partial charge in [-0.15, -0.1) is 11.3 Å². The maximum Gasteiger partial charge on any atom is 0.235 e. The minimum atomic E-state index is 0.617. The van der Waals surface area contributed by atoms with Crippen LogP contribution in [-0.4, -0.2) is 19.1 Å². The first-order valence-corrected chi connectivity index (χ1v) is 16.3. The second kappa shape index (κ2) is 9.85. The average molecular weight is 618 g/mol. The van der Waals surface area contributed by atoms with Crippen LogP contribution in [0.5, 0.6) is 0 Å². The highest BCUT2D eigenvalue weighted by Crippen LogP contribution is 2.38.